The number of carbonyl (C=O) groups is 1. The highest BCUT2D eigenvalue weighted by Crippen LogP contribution is 2.40. The lowest BCUT2D eigenvalue weighted by Gasteiger charge is -2.24. The van der Waals surface area contributed by atoms with Crippen LogP contribution in [-0.4, -0.2) is 17.5 Å². The van der Waals surface area contributed by atoms with Crippen molar-refractivity contribution in [2.24, 2.45) is 0 Å². The summed E-state index contributed by atoms with van der Waals surface area (Å²) in [5.74, 6) is 0.928. The van der Waals surface area contributed by atoms with Crippen molar-refractivity contribution in [3.63, 3.8) is 0 Å². The van der Waals surface area contributed by atoms with Gasteiger partial charge in [-0.25, -0.2) is 4.98 Å². The number of benzene rings is 2. The predicted octanol–water partition coefficient (Wildman–Crippen LogP) is 5.82. The molecule has 34 heavy (non-hydrogen) atoms. The van der Waals surface area contributed by atoms with Crippen molar-refractivity contribution in [1.82, 2.24) is 4.98 Å². The van der Waals surface area contributed by atoms with Crippen LogP contribution in [0.15, 0.2) is 75.9 Å². The monoisotopic (exact) mass is 454 g/mol. The average Bonchev–Trinajstić information content (AvgIpc) is 3.15. The molecule has 2 aromatic carbocycles. The van der Waals surface area contributed by atoms with Crippen molar-refractivity contribution in [2.75, 3.05) is 11.5 Å². The second-order valence-electron chi connectivity index (χ2n) is 8.51. The van der Waals surface area contributed by atoms with Crippen molar-refractivity contribution in [1.29, 1.82) is 0 Å². The van der Waals surface area contributed by atoms with Crippen LogP contribution in [0.1, 0.15) is 59.6 Å². The molecule has 172 valence electrons. The predicted molar refractivity (Wildman–Crippen MR) is 132 cm³/mol. The van der Waals surface area contributed by atoms with Gasteiger partial charge < -0.3 is 9.15 Å². The van der Waals surface area contributed by atoms with Crippen LogP contribution in [0.4, 0.5) is 5.82 Å². The lowest BCUT2D eigenvalue weighted by molar-refractivity contribution is 0.0970. The molecule has 1 atom stereocenters. The van der Waals surface area contributed by atoms with Crippen molar-refractivity contribution in [3.05, 3.63) is 99.5 Å². The molecule has 6 nitrogen and oxygen atoms in total. The highest BCUT2D eigenvalue weighted by molar-refractivity contribution is 6.10. The summed E-state index contributed by atoms with van der Waals surface area (Å²) in [5.41, 5.74) is 2.10. The minimum Gasteiger partial charge on any atom is -0.494 e. The summed E-state index contributed by atoms with van der Waals surface area (Å²) < 4.78 is 11.8. The minimum absolute atomic E-state index is 0.0666. The number of pyridine rings is 1. The fourth-order valence-electron chi connectivity index (χ4n) is 4.42. The Morgan fingerprint density at radius 2 is 1.76 bits per heavy atom. The molecule has 2 aromatic heterocycles. The van der Waals surface area contributed by atoms with Crippen molar-refractivity contribution < 1.29 is 13.9 Å². The number of aryl methyl sites for hydroxylation is 1. The molecule has 6 heteroatoms. The minimum atomic E-state index is -0.646. The van der Waals surface area contributed by atoms with Gasteiger partial charge in [-0.15, -0.1) is 0 Å². The fraction of sp³-hybridized carbons (Fsp3) is 0.250. The number of amides is 1. The number of ether oxygens (including phenoxy) is 1. The molecule has 5 rings (SSSR count). The molecule has 1 aliphatic heterocycles. The van der Waals surface area contributed by atoms with Gasteiger partial charge in [0.2, 0.25) is 5.76 Å². The normalized spacial score (nSPS) is 15.1. The molecule has 1 amide bonds. The number of hydrogen-bond donors (Lipinski definition) is 0. The van der Waals surface area contributed by atoms with Crippen LogP contribution in [-0.2, 0) is 0 Å². The van der Waals surface area contributed by atoms with Gasteiger partial charge in [0.15, 0.2) is 5.43 Å². The number of aromatic nitrogens is 1. The maximum atomic E-state index is 13.6. The number of rotatable bonds is 7. The second-order valence-corrected chi connectivity index (χ2v) is 8.51. The lowest BCUT2D eigenvalue weighted by atomic mass is 9.98. The Morgan fingerprint density at radius 1 is 0.971 bits per heavy atom. The highest BCUT2D eigenvalue weighted by atomic mass is 16.5. The molecule has 0 aliphatic carbocycles. The maximum Gasteiger partial charge on any atom is 0.296 e. The van der Waals surface area contributed by atoms with Gasteiger partial charge >= 0.3 is 0 Å². The van der Waals surface area contributed by atoms with Gasteiger partial charge in [0.25, 0.3) is 5.91 Å². The Hall–Kier alpha value is -3.93. The van der Waals surface area contributed by atoms with Gasteiger partial charge in [-0.3, -0.25) is 14.5 Å². The summed E-state index contributed by atoms with van der Waals surface area (Å²) in [6.45, 7) is 4.69. The van der Waals surface area contributed by atoms with Crippen LogP contribution in [0.2, 0.25) is 0 Å². The molecule has 1 aliphatic rings. The quantitative estimate of drug-likeness (QED) is 0.329. The Kier molecular flexibility index (Phi) is 5.88. The maximum absolute atomic E-state index is 13.6. The molecule has 0 saturated carbocycles. The Labute approximate surface area is 197 Å². The van der Waals surface area contributed by atoms with E-state index < -0.39 is 6.04 Å². The van der Waals surface area contributed by atoms with E-state index in [1.807, 2.05) is 43.3 Å². The third-order valence-corrected chi connectivity index (χ3v) is 6.11. The van der Waals surface area contributed by atoms with Gasteiger partial charge in [-0.2, -0.15) is 0 Å². The molecule has 0 saturated heterocycles. The van der Waals surface area contributed by atoms with Crippen LogP contribution in [0, 0.1) is 6.92 Å². The number of fused-ring (bicyclic) bond motifs is 2. The number of carbonyl (C=O) groups excluding carboxylic acids is 1. The zero-order chi connectivity index (χ0) is 23.7. The van der Waals surface area contributed by atoms with E-state index in [4.69, 9.17) is 9.15 Å². The molecule has 3 heterocycles. The molecule has 0 bridgehead atoms. The summed E-state index contributed by atoms with van der Waals surface area (Å²) in [5, 5.41) is 0.453. The van der Waals surface area contributed by atoms with Gasteiger partial charge in [0, 0.05) is 5.69 Å². The molecule has 0 N–H and O–H groups in total. The standard InChI is InChI=1S/C28H26N2O4/c1-3-4-7-17-33-20-15-13-19(14-16-20)25-24-26(31)21-10-5-6-11-22(21)34-27(24)28(32)30(25)23-12-8-9-18(2)29-23/h5-6,8-16,25H,3-4,7,17H2,1-2H3. The Morgan fingerprint density at radius 3 is 2.53 bits per heavy atom. The Balaban J connectivity index is 1.61. The van der Waals surface area contributed by atoms with Crippen LogP contribution in [0.5, 0.6) is 5.75 Å². The van der Waals surface area contributed by atoms with Crippen LogP contribution < -0.4 is 15.1 Å². The zero-order valence-corrected chi connectivity index (χ0v) is 19.3. The molecule has 0 spiro atoms. The molecular formula is C28H26N2O4. The molecule has 1 unspecified atom stereocenters. The lowest BCUT2D eigenvalue weighted by Crippen LogP contribution is -2.30. The first-order valence-electron chi connectivity index (χ1n) is 11.6. The fourth-order valence-corrected chi connectivity index (χ4v) is 4.42. The first-order chi connectivity index (χ1) is 16.6. The van der Waals surface area contributed by atoms with E-state index in [2.05, 4.69) is 11.9 Å². The van der Waals surface area contributed by atoms with E-state index in [1.165, 1.54) is 0 Å². The van der Waals surface area contributed by atoms with E-state index in [-0.39, 0.29) is 17.1 Å². The van der Waals surface area contributed by atoms with Crippen molar-refractivity contribution in [3.8, 4) is 5.75 Å². The van der Waals surface area contributed by atoms with E-state index in [0.717, 1.165) is 36.3 Å². The number of nitrogens with zero attached hydrogens (tertiary/aromatic N) is 2. The summed E-state index contributed by atoms with van der Waals surface area (Å²) in [6.07, 6.45) is 3.27. The van der Waals surface area contributed by atoms with Crippen LogP contribution in [0.25, 0.3) is 11.0 Å². The first kappa shape index (κ1) is 21.9. The first-order valence-corrected chi connectivity index (χ1v) is 11.6. The Bertz CT molecular complexity index is 1410. The van der Waals surface area contributed by atoms with Gasteiger partial charge in [0.1, 0.15) is 17.2 Å². The number of anilines is 1. The van der Waals surface area contributed by atoms with Crippen LogP contribution in [0.3, 0.4) is 0 Å². The van der Waals surface area contributed by atoms with Gasteiger partial charge in [-0.05, 0) is 55.3 Å². The number of hydrogen-bond acceptors (Lipinski definition) is 5. The van der Waals surface area contributed by atoms with E-state index in [0.29, 0.717) is 29.0 Å². The van der Waals surface area contributed by atoms with E-state index in [9.17, 15) is 9.59 Å². The largest absolute Gasteiger partial charge is 0.494 e. The second kappa shape index (κ2) is 9.14. The van der Waals surface area contributed by atoms with E-state index in [1.54, 1.807) is 35.2 Å². The third-order valence-electron chi connectivity index (χ3n) is 6.11. The summed E-state index contributed by atoms with van der Waals surface area (Å²) in [4.78, 5) is 33.3. The summed E-state index contributed by atoms with van der Waals surface area (Å²) in [7, 11) is 0. The van der Waals surface area contributed by atoms with Crippen molar-refractivity contribution >= 4 is 22.7 Å². The molecule has 0 radical (unpaired) electrons. The third kappa shape index (κ3) is 3.85. The molecule has 0 fully saturated rings. The van der Waals surface area contributed by atoms with Crippen molar-refractivity contribution in [2.45, 2.75) is 39.2 Å². The molecular weight excluding hydrogens is 428 g/mol. The summed E-state index contributed by atoms with van der Waals surface area (Å²) in [6, 6.07) is 19.4. The number of para-hydroxylation sites is 1. The van der Waals surface area contributed by atoms with E-state index >= 15 is 0 Å². The SMILES string of the molecule is CCCCCOc1ccc(C2c3c(oc4ccccc4c3=O)C(=O)N2c2cccc(C)n2)cc1. The topological polar surface area (TPSA) is 72.6 Å². The summed E-state index contributed by atoms with van der Waals surface area (Å²) >= 11 is 0. The smallest absolute Gasteiger partial charge is 0.296 e. The average molecular weight is 455 g/mol. The van der Waals surface area contributed by atoms with Crippen LogP contribution >= 0.6 is 0 Å². The zero-order valence-electron chi connectivity index (χ0n) is 19.3. The van der Waals surface area contributed by atoms with Gasteiger partial charge in [0.05, 0.1) is 23.6 Å². The highest BCUT2D eigenvalue weighted by Gasteiger charge is 2.44. The van der Waals surface area contributed by atoms with Gasteiger partial charge in [-0.1, -0.05) is 50.1 Å². The number of unbranched alkanes of at least 4 members (excludes halogenated alkanes) is 2. The molecule has 4 aromatic rings.